The van der Waals surface area contributed by atoms with Crippen molar-refractivity contribution in [3.05, 3.63) is 35.4 Å². The Bertz CT molecular complexity index is 1030. The number of rotatable bonds is 5. The lowest BCUT2D eigenvalue weighted by Crippen LogP contribution is -2.47. The van der Waals surface area contributed by atoms with Crippen LogP contribution in [-0.4, -0.2) is 53.6 Å². The van der Waals surface area contributed by atoms with E-state index in [0.29, 0.717) is 12.2 Å². The predicted octanol–water partition coefficient (Wildman–Crippen LogP) is 3.90. The van der Waals surface area contributed by atoms with Gasteiger partial charge in [-0.3, -0.25) is 4.79 Å². The zero-order valence-electron chi connectivity index (χ0n) is 17.1. The largest absolute Gasteiger partial charge is 0.335 e. The molecule has 0 bridgehead atoms. The first-order chi connectivity index (χ1) is 13.8. The van der Waals surface area contributed by atoms with E-state index in [9.17, 15) is 13.2 Å². The zero-order chi connectivity index (χ0) is 20.6. The van der Waals surface area contributed by atoms with Crippen LogP contribution in [0.2, 0.25) is 0 Å². The Morgan fingerprint density at radius 2 is 1.90 bits per heavy atom. The number of sulfone groups is 1. The molecule has 2 fully saturated rings. The van der Waals surface area contributed by atoms with Crippen LogP contribution in [0.5, 0.6) is 0 Å². The summed E-state index contributed by atoms with van der Waals surface area (Å²) in [4.78, 5) is 19.9. The number of aryl methyl sites for hydroxylation is 2. The number of benzene rings is 1. The van der Waals surface area contributed by atoms with Crippen LogP contribution >= 0.6 is 11.8 Å². The maximum Gasteiger partial charge on any atom is 0.233 e. The van der Waals surface area contributed by atoms with Gasteiger partial charge in [-0.25, -0.2) is 13.4 Å². The van der Waals surface area contributed by atoms with E-state index in [0.717, 1.165) is 52.7 Å². The summed E-state index contributed by atoms with van der Waals surface area (Å²) in [5.74, 6) is 0.670. The zero-order valence-corrected chi connectivity index (χ0v) is 18.7. The Hall–Kier alpha value is -1.60. The van der Waals surface area contributed by atoms with Gasteiger partial charge < -0.3 is 4.90 Å². The lowest BCUT2D eigenvalue weighted by Gasteiger charge is -2.34. The van der Waals surface area contributed by atoms with Crippen LogP contribution < -0.4 is 0 Å². The molecular weight excluding hydrogens is 404 g/mol. The fraction of sp³-hybridized carbons (Fsp3) is 0.545. The van der Waals surface area contributed by atoms with E-state index >= 15 is 0 Å². The second-order valence-electron chi connectivity index (χ2n) is 8.33. The van der Waals surface area contributed by atoms with E-state index in [2.05, 4.69) is 26.0 Å². The van der Waals surface area contributed by atoms with Gasteiger partial charge in [-0.05, 0) is 50.3 Å². The SMILES string of the molecule is Cc1cc(SCC(=O)N(C2CCCC2)[C@@H]2CCS(=O)(=O)C2)nc2c(C)cccc12. The second kappa shape index (κ2) is 8.26. The number of nitrogens with zero attached hydrogens (tertiary/aromatic N) is 2. The number of thioether (sulfide) groups is 1. The Balaban J connectivity index is 1.52. The molecule has 4 rings (SSSR count). The molecule has 1 aromatic carbocycles. The molecule has 0 unspecified atom stereocenters. The van der Waals surface area contributed by atoms with Gasteiger partial charge >= 0.3 is 0 Å². The lowest BCUT2D eigenvalue weighted by molar-refractivity contribution is -0.132. The first-order valence-corrected chi connectivity index (χ1v) is 13.2. The Morgan fingerprint density at radius 3 is 2.59 bits per heavy atom. The number of para-hydroxylation sites is 1. The first-order valence-electron chi connectivity index (χ1n) is 10.4. The Morgan fingerprint density at radius 1 is 1.14 bits per heavy atom. The molecule has 1 saturated carbocycles. The van der Waals surface area contributed by atoms with Crippen LogP contribution in [0.1, 0.15) is 43.2 Å². The van der Waals surface area contributed by atoms with E-state index in [1.165, 1.54) is 11.8 Å². The van der Waals surface area contributed by atoms with Crippen molar-refractivity contribution in [1.29, 1.82) is 0 Å². The van der Waals surface area contributed by atoms with Crippen LogP contribution in [-0.2, 0) is 14.6 Å². The van der Waals surface area contributed by atoms with E-state index in [4.69, 9.17) is 4.98 Å². The monoisotopic (exact) mass is 432 g/mol. The van der Waals surface area contributed by atoms with Crippen molar-refractivity contribution in [2.24, 2.45) is 0 Å². The summed E-state index contributed by atoms with van der Waals surface area (Å²) in [5, 5.41) is 1.99. The van der Waals surface area contributed by atoms with Crippen LogP contribution in [0.3, 0.4) is 0 Å². The number of aromatic nitrogens is 1. The van der Waals surface area contributed by atoms with Gasteiger partial charge in [-0.2, -0.15) is 0 Å². The van der Waals surface area contributed by atoms with E-state index in [1.54, 1.807) is 0 Å². The topological polar surface area (TPSA) is 67.3 Å². The first kappa shape index (κ1) is 20.7. The predicted molar refractivity (Wildman–Crippen MR) is 118 cm³/mol. The summed E-state index contributed by atoms with van der Waals surface area (Å²) >= 11 is 1.46. The normalized spacial score (nSPS) is 21.7. The molecule has 1 amide bonds. The van der Waals surface area contributed by atoms with Crippen molar-refractivity contribution < 1.29 is 13.2 Å². The van der Waals surface area contributed by atoms with Gasteiger partial charge in [0.2, 0.25) is 5.91 Å². The quantitative estimate of drug-likeness (QED) is 0.670. The third kappa shape index (κ3) is 4.45. The summed E-state index contributed by atoms with van der Waals surface area (Å²) in [6.07, 6.45) is 4.78. The molecule has 7 heteroatoms. The molecule has 0 N–H and O–H groups in total. The number of hydrogen-bond acceptors (Lipinski definition) is 5. The van der Waals surface area contributed by atoms with Crippen LogP contribution in [0.15, 0.2) is 29.3 Å². The highest BCUT2D eigenvalue weighted by Gasteiger charge is 2.38. The summed E-state index contributed by atoms with van der Waals surface area (Å²) in [5.41, 5.74) is 3.27. The van der Waals surface area contributed by atoms with Crippen molar-refractivity contribution in [2.45, 2.75) is 63.1 Å². The van der Waals surface area contributed by atoms with Gasteiger partial charge in [-0.1, -0.05) is 42.8 Å². The summed E-state index contributed by atoms with van der Waals surface area (Å²) in [6, 6.07) is 8.24. The third-order valence-corrected chi connectivity index (χ3v) is 8.82. The van der Waals surface area contributed by atoms with Crippen molar-refractivity contribution in [3.8, 4) is 0 Å². The molecule has 0 radical (unpaired) electrons. The lowest BCUT2D eigenvalue weighted by atomic mass is 10.1. The van der Waals surface area contributed by atoms with Gasteiger partial charge in [0, 0.05) is 17.5 Å². The molecule has 1 aliphatic heterocycles. The number of amides is 1. The molecule has 2 aliphatic rings. The van der Waals surface area contributed by atoms with Crippen molar-refractivity contribution in [1.82, 2.24) is 9.88 Å². The van der Waals surface area contributed by atoms with Crippen LogP contribution in [0.4, 0.5) is 0 Å². The fourth-order valence-corrected chi connectivity index (χ4v) is 7.25. The second-order valence-corrected chi connectivity index (χ2v) is 11.6. The third-order valence-electron chi connectivity index (χ3n) is 6.18. The average Bonchev–Trinajstić information content (AvgIpc) is 3.31. The standard InChI is InChI=1S/C22H28N2O3S2/c1-15-6-5-9-19-16(2)12-20(23-22(15)19)28-13-21(25)24(17-7-3-4-8-17)18-10-11-29(26,27)14-18/h5-6,9,12,17-18H,3-4,7-8,10-11,13-14H2,1-2H3/t18-/m1/s1. The maximum absolute atomic E-state index is 13.2. The van der Waals surface area contributed by atoms with E-state index < -0.39 is 9.84 Å². The molecular formula is C22H28N2O3S2. The van der Waals surface area contributed by atoms with E-state index in [-0.39, 0.29) is 29.5 Å². The van der Waals surface area contributed by atoms with Gasteiger partial charge in [0.25, 0.3) is 0 Å². The fourth-order valence-electron chi connectivity index (χ4n) is 4.70. The smallest absolute Gasteiger partial charge is 0.233 e. The molecule has 1 atom stereocenters. The molecule has 29 heavy (non-hydrogen) atoms. The minimum atomic E-state index is -3.02. The molecule has 1 aliphatic carbocycles. The van der Waals surface area contributed by atoms with Crippen LogP contribution in [0, 0.1) is 13.8 Å². The molecule has 2 aromatic rings. The number of carbonyl (C=O) groups excluding carboxylic acids is 1. The molecule has 156 valence electrons. The van der Waals surface area contributed by atoms with Gasteiger partial charge in [0.15, 0.2) is 9.84 Å². The van der Waals surface area contributed by atoms with Crippen molar-refractivity contribution in [3.63, 3.8) is 0 Å². The number of carbonyl (C=O) groups is 1. The summed E-state index contributed by atoms with van der Waals surface area (Å²) in [7, 11) is -3.02. The van der Waals surface area contributed by atoms with Gasteiger partial charge in [0.1, 0.15) is 0 Å². The Labute approximate surface area is 177 Å². The maximum atomic E-state index is 13.2. The highest BCUT2D eigenvalue weighted by molar-refractivity contribution is 7.99. The van der Waals surface area contributed by atoms with Gasteiger partial charge in [-0.15, -0.1) is 0 Å². The highest BCUT2D eigenvalue weighted by atomic mass is 32.2. The van der Waals surface area contributed by atoms with Gasteiger partial charge in [0.05, 0.1) is 27.8 Å². The molecule has 1 saturated heterocycles. The molecule has 5 nitrogen and oxygen atoms in total. The van der Waals surface area contributed by atoms with E-state index in [1.807, 2.05) is 17.0 Å². The van der Waals surface area contributed by atoms with Crippen molar-refractivity contribution >= 4 is 38.4 Å². The number of hydrogen-bond donors (Lipinski definition) is 0. The minimum Gasteiger partial charge on any atom is -0.335 e. The summed E-state index contributed by atoms with van der Waals surface area (Å²) in [6.45, 7) is 4.13. The summed E-state index contributed by atoms with van der Waals surface area (Å²) < 4.78 is 24.0. The molecule has 2 heterocycles. The minimum absolute atomic E-state index is 0.0494. The average molecular weight is 433 g/mol. The molecule has 0 spiro atoms. The number of pyridine rings is 1. The highest BCUT2D eigenvalue weighted by Crippen LogP contribution is 2.31. The molecule has 1 aromatic heterocycles. The van der Waals surface area contributed by atoms with Crippen molar-refractivity contribution in [2.75, 3.05) is 17.3 Å². The van der Waals surface area contributed by atoms with Crippen LogP contribution in [0.25, 0.3) is 10.9 Å². The Kier molecular flexibility index (Phi) is 5.89. The number of fused-ring (bicyclic) bond motifs is 1.